The fraction of sp³-hybridized carbons (Fsp3) is 0.300. The largest absolute Gasteiger partial charge is 0.497 e. The Morgan fingerprint density at radius 3 is 2.56 bits per heavy atom. The minimum absolute atomic E-state index is 0.0233. The molecule has 0 aromatic heterocycles. The molecule has 3 rings (SSSR count). The number of amides is 1. The fourth-order valence-electron chi connectivity index (χ4n) is 3.28. The van der Waals surface area contributed by atoms with Crippen molar-refractivity contribution in [2.24, 2.45) is 0 Å². The molecule has 2 aromatic carbocycles. The molecule has 0 spiro atoms. The third-order valence-electron chi connectivity index (χ3n) is 4.57. The highest BCUT2D eigenvalue weighted by Gasteiger charge is 2.32. The van der Waals surface area contributed by atoms with E-state index in [1.807, 2.05) is 23.1 Å². The van der Waals surface area contributed by atoms with Crippen LogP contribution in [0.5, 0.6) is 11.5 Å². The SMILES string of the molecule is COc1ccc([C@H]2CCCN2C(=O)c2ccc(C#N)cc2)c(OC)c1. The van der Waals surface area contributed by atoms with Crippen molar-refractivity contribution >= 4 is 5.91 Å². The highest BCUT2D eigenvalue weighted by Crippen LogP contribution is 2.39. The average molecular weight is 336 g/mol. The molecule has 5 nitrogen and oxygen atoms in total. The minimum atomic E-state index is -0.0241. The summed E-state index contributed by atoms with van der Waals surface area (Å²) in [5.41, 5.74) is 2.13. The first kappa shape index (κ1) is 16.8. The average Bonchev–Trinajstić information content (AvgIpc) is 3.16. The van der Waals surface area contributed by atoms with Gasteiger partial charge in [0.05, 0.1) is 31.9 Å². The van der Waals surface area contributed by atoms with Crippen LogP contribution < -0.4 is 9.47 Å². The van der Waals surface area contributed by atoms with Gasteiger partial charge in [0.25, 0.3) is 5.91 Å². The zero-order valence-electron chi connectivity index (χ0n) is 14.4. The lowest BCUT2D eigenvalue weighted by Gasteiger charge is -2.26. The Balaban J connectivity index is 1.89. The molecular weight excluding hydrogens is 316 g/mol. The molecule has 1 aliphatic heterocycles. The molecule has 0 N–H and O–H groups in total. The number of benzene rings is 2. The molecular formula is C20H20N2O3. The third kappa shape index (κ3) is 3.29. The van der Waals surface area contributed by atoms with Crippen molar-refractivity contribution < 1.29 is 14.3 Å². The Labute approximate surface area is 147 Å². The molecule has 1 amide bonds. The zero-order chi connectivity index (χ0) is 17.8. The summed E-state index contributed by atoms with van der Waals surface area (Å²) >= 11 is 0. The predicted molar refractivity (Wildman–Crippen MR) is 93.7 cm³/mol. The van der Waals surface area contributed by atoms with Crippen molar-refractivity contribution in [3.8, 4) is 17.6 Å². The summed E-state index contributed by atoms with van der Waals surface area (Å²) in [6.07, 6.45) is 1.84. The maximum Gasteiger partial charge on any atom is 0.254 e. The van der Waals surface area contributed by atoms with E-state index in [2.05, 4.69) is 6.07 Å². The van der Waals surface area contributed by atoms with Crippen LogP contribution in [0.3, 0.4) is 0 Å². The number of hydrogen-bond donors (Lipinski definition) is 0. The first-order chi connectivity index (χ1) is 12.2. The topological polar surface area (TPSA) is 62.6 Å². The van der Waals surface area contributed by atoms with Gasteiger partial charge in [0, 0.05) is 23.7 Å². The van der Waals surface area contributed by atoms with E-state index in [0.29, 0.717) is 17.7 Å². The fourth-order valence-corrected chi connectivity index (χ4v) is 3.28. The number of methoxy groups -OCH3 is 2. The van der Waals surface area contributed by atoms with Crippen LogP contribution >= 0.6 is 0 Å². The molecule has 1 heterocycles. The van der Waals surface area contributed by atoms with E-state index in [9.17, 15) is 4.79 Å². The molecule has 2 aromatic rings. The first-order valence-electron chi connectivity index (χ1n) is 8.21. The summed E-state index contributed by atoms with van der Waals surface area (Å²) in [6, 6.07) is 14.5. The summed E-state index contributed by atoms with van der Waals surface area (Å²) in [5, 5.41) is 8.90. The zero-order valence-corrected chi connectivity index (χ0v) is 14.4. The molecule has 0 saturated carbocycles. The quantitative estimate of drug-likeness (QED) is 0.856. The minimum Gasteiger partial charge on any atom is -0.497 e. The smallest absolute Gasteiger partial charge is 0.254 e. The molecule has 1 fully saturated rings. The van der Waals surface area contributed by atoms with Gasteiger partial charge in [-0.1, -0.05) is 0 Å². The maximum absolute atomic E-state index is 12.9. The van der Waals surface area contributed by atoms with Crippen molar-refractivity contribution in [3.63, 3.8) is 0 Å². The first-order valence-corrected chi connectivity index (χ1v) is 8.21. The number of nitrogens with zero attached hydrogens (tertiary/aromatic N) is 2. The van der Waals surface area contributed by atoms with E-state index in [0.717, 1.165) is 29.9 Å². The molecule has 25 heavy (non-hydrogen) atoms. The van der Waals surface area contributed by atoms with Crippen molar-refractivity contribution in [1.29, 1.82) is 5.26 Å². The van der Waals surface area contributed by atoms with Gasteiger partial charge in [0.2, 0.25) is 0 Å². The van der Waals surface area contributed by atoms with E-state index in [1.165, 1.54) is 0 Å². The van der Waals surface area contributed by atoms with Crippen molar-refractivity contribution in [3.05, 3.63) is 59.2 Å². The van der Waals surface area contributed by atoms with Gasteiger partial charge in [-0.25, -0.2) is 0 Å². The summed E-state index contributed by atoms with van der Waals surface area (Å²) in [6.45, 7) is 0.707. The van der Waals surface area contributed by atoms with E-state index in [4.69, 9.17) is 14.7 Å². The van der Waals surface area contributed by atoms with Crippen LogP contribution in [-0.2, 0) is 0 Å². The predicted octanol–water partition coefficient (Wildman–Crippen LogP) is 3.55. The van der Waals surface area contributed by atoms with Gasteiger partial charge in [-0.2, -0.15) is 5.26 Å². The summed E-state index contributed by atoms with van der Waals surface area (Å²) < 4.78 is 10.8. The van der Waals surface area contributed by atoms with Crippen LogP contribution in [0.2, 0.25) is 0 Å². The van der Waals surface area contributed by atoms with Crippen molar-refractivity contribution in [1.82, 2.24) is 4.90 Å². The number of likely N-dealkylation sites (tertiary alicyclic amines) is 1. The van der Waals surface area contributed by atoms with Gasteiger partial charge in [-0.15, -0.1) is 0 Å². The van der Waals surface area contributed by atoms with Crippen LogP contribution in [0.1, 0.15) is 40.4 Å². The second kappa shape index (κ2) is 7.27. The second-order valence-electron chi connectivity index (χ2n) is 5.95. The van der Waals surface area contributed by atoms with Crippen LogP contribution in [0.4, 0.5) is 0 Å². The standard InChI is InChI=1S/C20H20N2O3/c1-24-16-9-10-17(19(12-16)25-2)18-4-3-11-22(18)20(23)15-7-5-14(13-21)6-8-15/h5-10,12,18H,3-4,11H2,1-2H3/t18-/m1/s1. The van der Waals surface area contributed by atoms with Crippen LogP contribution in [-0.4, -0.2) is 31.6 Å². The number of carbonyl (C=O) groups is 1. The lowest BCUT2D eigenvalue weighted by atomic mass is 10.0. The molecule has 5 heteroatoms. The lowest BCUT2D eigenvalue weighted by Crippen LogP contribution is -2.30. The van der Waals surface area contributed by atoms with E-state index >= 15 is 0 Å². The number of ether oxygens (including phenoxy) is 2. The molecule has 0 bridgehead atoms. The maximum atomic E-state index is 12.9. The van der Waals surface area contributed by atoms with Crippen molar-refractivity contribution in [2.75, 3.05) is 20.8 Å². The van der Waals surface area contributed by atoms with Crippen LogP contribution in [0, 0.1) is 11.3 Å². The summed E-state index contributed by atoms with van der Waals surface area (Å²) in [7, 11) is 3.24. The van der Waals surface area contributed by atoms with Gasteiger partial charge in [-0.3, -0.25) is 4.79 Å². The van der Waals surface area contributed by atoms with E-state index in [1.54, 1.807) is 38.5 Å². The van der Waals surface area contributed by atoms with Crippen LogP contribution in [0.25, 0.3) is 0 Å². The Morgan fingerprint density at radius 2 is 1.92 bits per heavy atom. The van der Waals surface area contributed by atoms with E-state index in [-0.39, 0.29) is 11.9 Å². The molecule has 1 atom stereocenters. The monoisotopic (exact) mass is 336 g/mol. The van der Waals surface area contributed by atoms with Gasteiger partial charge in [0.1, 0.15) is 11.5 Å². The molecule has 0 unspecified atom stereocenters. The van der Waals surface area contributed by atoms with Crippen molar-refractivity contribution in [2.45, 2.75) is 18.9 Å². The van der Waals surface area contributed by atoms with Gasteiger partial charge in [0.15, 0.2) is 0 Å². The third-order valence-corrected chi connectivity index (χ3v) is 4.57. The van der Waals surface area contributed by atoms with Gasteiger partial charge >= 0.3 is 0 Å². The van der Waals surface area contributed by atoms with Gasteiger partial charge < -0.3 is 14.4 Å². The molecule has 0 aliphatic carbocycles. The highest BCUT2D eigenvalue weighted by molar-refractivity contribution is 5.94. The summed E-state index contributed by atoms with van der Waals surface area (Å²) in [5.74, 6) is 1.43. The molecule has 0 radical (unpaired) electrons. The number of rotatable bonds is 4. The summed E-state index contributed by atoms with van der Waals surface area (Å²) in [4.78, 5) is 14.8. The Bertz CT molecular complexity index is 809. The number of nitriles is 1. The lowest BCUT2D eigenvalue weighted by molar-refractivity contribution is 0.0734. The molecule has 128 valence electrons. The highest BCUT2D eigenvalue weighted by atomic mass is 16.5. The Morgan fingerprint density at radius 1 is 1.16 bits per heavy atom. The van der Waals surface area contributed by atoms with E-state index < -0.39 is 0 Å². The Kier molecular flexibility index (Phi) is 4.90. The Hall–Kier alpha value is -3.00. The molecule has 1 saturated heterocycles. The number of hydrogen-bond acceptors (Lipinski definition) is 4. The second-order valence-corrected chi connectivity index (χ2v) is 5.95. The normalized spacial score (nSPS) is 16.4. The number of carbonyl (C=O) groups excluding carboxylic acids is 1. The molecule has 1 aliphatic rings. The van der Waals surface area contributed by atoms with Gasteiger partial charge in [-0.05, 0) is 49.2 Å². The van der Waals surface area contributed by atoms with Crippen LogP contribution in [0.15, 0.2) is 42.5 Å².